The van der Waals surface area contributed by atoms with Gasteiger partial charge in [-0.25, -0.2) is 9.59 Å². The fraction of sp³-hybridized carbons (Fsp3) is 0.417. The number of hydrogen-bond donors (Lipinski definition) is 4. The third-order valence-corrected chi connectivity index (χ3v) is 3.25. The Bertz CT molecular complexity index is 690. The molecule has 0 radical (unpaired) electrons. The second-order valence-corrected chi connectivity index (χ2v) is 4.61. The number of aromatic amines is 1. The average molecular weight is 298 g/mol. The number of aliphatic hydroxyl groups excluding tert-OH is 2. The van der Waals surface area contributed by atoms with Crippen molar-refractivity contribution in [2.45, 2.75) is 24.9 Å². The fourth-order valence-corrected chi connectivity index (χ4v) is 2.08. The van der Waals surface area contributed by atoms with E-state index in [1.54, 1.807) is 0 Å². The van der Waals surface area contributed by atoms with Crippen molar-refractivity contribution in [1.82, 2.24) is 9.55 Å². The zero-order valence-corrected chi connectivity index (χ0v) is 10.9. The maximum atomic E-state index is 11.8. The third kappa shape index (κ3) is 2.79. The van der Waals surface area contributed by atoms with E-state index in [1.165, 1.54) is 0 Å². The van der Waals surface area contributed by atoms with Crippen LogP contribution in [0.25, 0.3) is 5.57 Å². The summed E-state index contributed by atoms with van der Waals surface area (Å²) < 4.78 is 6.25. The van der Waals surface area contributed by atoms with Crippen LogP contribution in [-0.2, 0) is 9.53 Å². The maximum absolute atomic E-state index is 11.8. The van der Waals surface area contributed by atoms with Gasteiger partial charge in [0.1, 0.15) is 12.3 Å². The van der Waals surface area contributed by atoms with Crippen molar-refractivity contribution in [2.75, 3.05) is 6.61 Å². The lowest BCUT2D eigenvalue weighted by Gasteiger charge is -2.15. The molecule has 1 aliphatic rings. The summed E-state index contributed by atoms with van der Waals surface area (Å²) in [6.07, 6.45) is -1.68. The molecule has 1 aliphatic heterocycles. The minimum absolute atomic E-state index is 0.0240. The zero-order chi connectivity index (χ0) is 15.7. The molecule has 0 unspecified atom stereocenters. The van der Waals surface area contributed by atoms with Gasteiger partial charge in [-0.3, -0.25) is 14.3 Å². The van der Waals surface area contributed by atoms with Gasteiger partial charge in [-0.05, 0) is 0 Å². The predicted molar refractivity (Wildman–Crippen MR) is 69.6 cm³/mol. The van der Waals surface area contributed by atoms with Crippen molar-refractivity contribution in [3.63, 3.8) is 0 Å². The molecule has 1 aromatic heterocycles. The lowest BCUT2D eigenvalue weighted by Crippen LogP contribution is -2.34. The second kappa shape index (κ2) is 5.64. The molecule has 1 fully saturated rings. The monoisotopic (exact) mass is 298 g/mol. The number of nitrogens with zero attached hydrogens (tertiary/aromatic N) is 1. The molecule has 2 rings (SSSR count). The summed E-state index contributed by atoms with van der Waals surface area (Å²) in [6.45, 7) is 2.84. The van der Waals surface area contributed by atoms with Gasteiger partial charge in [0.25, 0.3) is 5.56 Å². The van der Waals surface area contributed by atoms with Crippen molar-refractivity contribution in [2.24, 2.45) is 0 Å². The lowest BCUT2D eigenvalue weighted by molar-refractivity contribution is -0.130. The van der Waals surface area contributed by atoms with Gasteiger partial charge in [0.05, 0.1) is 23.8 Å². The SMILES string of the molecule is C=C(C(=O)O)c1cn([C@@H]2C[C@@H](O)[C@H](CO)O2)c(=O)[nH]c1=O. The first-order chi connectivity index (χ1) is 9.85. The molecule has 2 heterocycles. The van der Waals surface area contributed by atoms with E-state index in [9.17, 15) is 19.5 Å². The Morgan fingerprint density at radius 3 is 2.71 bits per heavy atom. The number of aliphatic carboxylic acids is 1. The van der Waals surface area contributed by atoms with Crippen molar-refractivity contribution in [3.05, 3.63) is 39.2 Å². The van der Waals surface area contributed by atoms with Gasteiger partial charge >= 0.3 is 11.7 Å². The molecule has 21 heavy (non-hydrogen) atoms. The first kappa shape index (κ1) is 15.2. The molecule has 0 spiro atoms. The Morgan fingerprint density at radius 1 is 1.52 bits per heavy atom. The molecule has 1 saturated heterocycles. The van der Waals surface area contributed by atoms with E-state index in [4.69, 9.17) is 14.9 Å². The quantitative estimate of drug-likeness (QED) is 0.484. The molecule has 0 saturated carbocycles. The molecule has 1 aromatic rings. The fourth-order valence-electron chi connectivity index (χ4n) is 2.08. The van der Waals surface area contributed by atoms with E-state index in [-0.39, 0.29) is 12.0 Å². The molecule has 0 aliphatic carbocycles. The topological polar surface area (TPSA) is 142 Å². The van der Waals surface area contributed by atoms with E-state index in [0.29, 0.717) is 0 Å². The number of nitrogens with one attached hydrogen (secondary N) is 1. The minimum Gasteiger partial charge on any atom is -0.478 e. The number of ether oxygens (including phenoxy) is 1. The predicted octanol–water partition coefficient (Wildman–Crippen LogP) is -1.72. The van der Waals surface area contributed by atoms with Gasteiger partial charge in [0.2, 0.25) is 0 Å². The lowest BCUT2D eigenvalue weighted by atomic mass is 10.1. The van der Waals surface area contributed by atoms with E-state index >= 15 is 0 Å². The van der Waals surface area contributed by atoms with Crippen LogP contribution < -0.4 is 11.2 Å². The number of carbonyl (C=O) groups is 1. The van der Waals surface area contributed by atoms with Gasteiger partial charge < -0.3 is 20.1 Å². The number of rotatable bonds is 4. The van der Waals surface area contributed by atoms with Crippen LogP contribution in [-0.4, -0.2) is 49.7 Å². The van der Waals surface area contributed by atoms with Gasteiger partial charge in [0, 0.05) is 12.6 Å². The molecule has 0 amide bonds. The molecule has 3 atom stereocenters. The number of aliphatic hydroxyl groups is 2. The van der Waals surface area contributed by atoms with Gasteiger partial charge in [0.15, 0.2) is 0 Å². The third-order valence-electron chi connectivity index (χ3n) is 3.25. The van der Waals surface area contributed by atoms with Gasteiger partial charge in [-0.1, -0.05) is 6.58 Å². The van der Waals surface area contributed by atoms with Crippen LogP contribution in [0.2, 0.25) is 0 Å². The van der Waals surface area contributed by atoms with Crippen molar-refractivity contribution < 1.29 is 24.9 Å². The van der Waals surface area contributed by atoms with Crippen LogP contribution in [0.4, 0.5) is 0 Å². The highest BCUT2D eigenvalue weighted by Crippen LogP contribution is 2.27. The van der Waals surface area contributed by atoms with Crippen molar-refractivity contribution >= 4 is 11.5 Å². The van der Waals surface area contributed by atoms with E-state index in [0.717, 1.165) is 10.8 Å². The summed E-state index contributed by atoms with van der Waals surface area (Å²) in [5.41, 5.74) is -2.44. The number of H-pyrrole nitrogens is 1. The zero-order valence-electron chi connectivity index (χ0n) is 10.9. The second-order valence-electron chi connectivity index (χ2n) is 4.61. The Hall–Kier alpha value is -2.23. The number of hydrogen-bond acceptors (Lipinski definition) is 6. The van der Waals surface area contributed by atoms with Crippen molar-refractivity contribution in [3.8, 4) is 0 Å². The first-order valence-corrected chi connectivity index (χ1v) is 6.07. The number of carboxylic acids is 1. The molecular weight excluding hydrogens is 284 g/mol. The Kier molecular flexibility index (Phi) is 4.07. The highest BCUT2D eigenvalue weighted by Gasteiger charge is 2.35. The van der Waals surface area contributed by atoms with Crippen molar-refractivity contribution in [1.29, 1.82) is 0 Å². The number of carboxylic acid groups (broad SMARTS) is 1. The summed E-state index contributed by atoms with van der Waals surface area (Å²) in [6, 6.07) is 0. The Balaban J connectivity index is 2.44. The maximum Gasteiger partial charge on any atom is 0.335 e. The van der Waals surface area contributed by atoms with Crippen LogP contribution >= 0.6 is 0 Å². The summed E-state index contributed by atoms with van der Waals surface area (Å²) in [4.78, 5) is 36.2. The molecule has 4 N–H and O–H groups in total. The van der Waals surface area contributed by atoms with Crippen LogP contribution in [0.1, 0.15) is 18.2 Å². The van der Waals surface area contributed by atoms with E-state index in [1.807, 2.05) is 4.98 Å². The van der Waals surface area contributed by atoms with Crippen LogP contribution in [0.3, 0.4) is 0 Å². The highest BCUT2D eigenvalue weighted by molar-refractivity contribution is 6.14. The minimum atomic E-state index is -1.40. The van der Waals surface area contributed by atoms with Gasteiger partial charge in [-0.15, -0.1) is 0 Å². The molecule has 114 valence electrons. The summed E-state index contributed by atoms with van der Waals surface area (Å²) in [7, 11) is 0. The normalized spacial score (nSPS) is 25.0. The molecule has 0 bridgehead atoms. The summed E-state index contributed by atoms with van der Waals surface area (Å²) in [5.74, 6) is -1.40. The Morgan fingerprint density at radius 2 is 2.19 bits per heavy atom. The average Bonchev–Trinajstić information content (AvgIpc) is 2.79. The number of aromatic nitrogens is 2. The smallest absolute Gasteiger partial charge is 0.335 e. The van der Waals surface area contributed by atoms with Crippen LogP contribution in [0.5, 0.6) is 0 Å². The molecular formula is C12H14N2O7. The highest BCUT2D eigenvalue weighted by atomic mass is 16.5. The van der Waals surface area contributed by atoms with E-state index in [2.05, 4.69) is 6.58 Å². The standard InChI is InChI=1S/C12H14N2O7/c1-5(11(18)19)6-3-14(12(20)13-10(6)17)9-2-7(16)8(4-15)21-9/h3,7-9,15-16H,1-2,4H2,(H,18,19)(H,13,17,20)/t7-,8+,9+/m1/s1. The summed E-state index contributed by atoms with van der Waals surface area (Å²) >= 11 is 0. The first-order valence-electron chi connectivity index (χ1n) is 6.07. The Labute approximate surface area is 117 Å². The molecule has 9 heteroatoms. The summed E-state index contributed by atoms with van der Waals surface area (Å²) in [5, 5.41) is 27.5. The van der Waals surface area contributed by atoms with Crippen LogP contribution in [0, 0.1) is 0 Å². The molecule has 9 nitrogen and oxygen atoms in total. The van der Waals surface area contributed by atoms with Gasteiger partial charge in [-0.2, -0.15) is 0 Å². The van der Waals surface area contributed by atoms with E-state index < -0.39 is 47.8 Å². The van der Waals surface area contributed by atoms with Crippen LogP contribution in [0.15, 0.2) is 22.4 Å². The largest absolute Gasteiger partial charge is 0.478 e. The molecule has 0 aromatic carbocycles.